The number of unbranched alkanes of at least 4 members (excludes halogenated alkanes) is 9. The first kappa shape index (κ1) is 78.5. The highest BCUT2D eigenvalue weighted by Crippen LogP contribution is 2.23. The van der Waals surface area contributed by atoms with Gasteiger partial charge in [-0.05, 0) is 89.7 Å². The van der Waals surface area contributed by atoms with Crippen molar-refractivity contribution in [3.63, 3.8) is 0 Å². The molecule has 0 spiro atoms. The van der Waals surface area contributed by atoms with E-state index >= 15 is 0 Å². The zero-order valence-electron chi connectivity index (χ0n) is 50.9. The number of hydrogen-bond donors (Lipinski definition) is 18. The minimum atomic E-state index is -2.85. The van der Waals surface area contributed by atoms with E-state index in [4.69, 9.17) is 38.3 Å². The Hall–Kier alpha value is -7.59. The predicted molar refractivity (Wildman–Crippen MR) is 322 cm³/mol. The fourth-order valence-corrected chi connectivity index (χ4v) is 9.11. The minimum absolute atomic E-state index is 0.114. The molecule has 0 saturated carbocycles. The topological polar surface area (TPSA) is 531 Å². The van der Waals surface area contributed by atoms with Gasteiger partial charge in [0.05, 0.1) is 43.6 Å². The molecule has 1 aliphatic heterocycles. The number of aliphatic hydroxyl groups excluding tert-OH is 4. The number of amides is 9. The molecular weight excluding hydrogens is 1210 g/mol. The van der Waals surface area contributed by atoms with Crippen molar-refractivity contribution >= 4 is 82.7 Å². The van der Waals surface area contributed by atoms with E-state index in [2.05, 4.69) is 44.1 Å². The largest absolute Gasteiger partial charge is 0.494 e. The van der Waals surface area contributed by atoms with Gasteiger partial charge in [-0.2, -0.15) is 0 Å². The lowest BCUT2D eigenvalue weighted by Crippen LogP contribution is -2.62. The monoisotopic (exact) mass is 1300 g/mol. The molecule has 1 aliphatic rings. The van der Waals surface area contributed by atoms with Gasteiger partial charge < -0.3 is 105 Å². The van der Waals surface area contributed by atoms with E-state index in [0.717, 1.165) is 52.0 Å². The van der Waals surface area contributed by atoms with E-state index in [-0.39, 0.29) is 50.9 Å². The molecule has 2 rings (SSSR count). The summed E-state index contributed by atoms with van der Waals surface area (Å²) in [4.78, 5) is 164. The molecule has 9 amide bonds. The van der Waals surface area contributed by atoms with Crippen molar-refractivity contribution in [3.8, 4) is 5.75 Å². The number of carboxylic acids is 2. The fourth-order valence-electron chi connectivity index (χ4n) is 8.93. The summed E-state index contributed by atoms with van der Waals surface area (Å²) < 4.78 is 11.2. The first-order valence-electron chi connectivity index (χ1n) is 29.9. The molecule has 1 heterocycles. The van der Waals surface area contributed by atoms with Gasteiger partial charge in [-0.1, -0.05) is 76.5 Å². The smallest absolute Gasteiger partial charge is 0.335 e. The number of nitrogens with two attached hydrogens (primary N) is 3. The Labute approximate surface area is 526 Å². The second kappa shape index (κ2) is 42.4. The van der Waals surface area contributed by atoms with Crippen molar-refractivity contribution in [2.45, 2.75) is 196 Å². The maximum Gasteiger partial charge on any atom is 0.335 e. The quantitative estimate of drug-likeness (QED) is 0.0152. The van der Waals surface area contributed by atoms with Gasteiger partial charge in [0.25, 0.3) is 5.91 Å². The molecular formula is C57H91ClN12O20. The van der Waals surface area contributed by atoms with Gasteiger partial charge in [-0.15, -0.1) is 11.6 Å². The van der Waals surface area contributed by atoms with Gasteiger partial charge in [0.1, 0.15) is 60.3 Å². The third kappa shape index (κ3) is 28.1. The molecule has 1 fully saturated rings. The molecule has 90 heavy (non-hydrogen) atoms. The van der Waals surface area contributed by atoms with Gasteiger partial charge >= 0.3 is 17.9 Å². The molecule has 0 radical (unpaired) electrons. The number of carbonyl (C=O) groups is 12. The van der Waals surface area contributed by atoms with Crippen molar-refractivity contribution in [1.29, 1.82) is 0 Å². The Bertz CT molecular complexity index is 2580. The number of esters is 1. The summed E-state index contributed by atoms with van der Waals surface area (Å²) in [6, 6.07) is -9.85. The van der Waals surface area contributed by atoms with Crippen LogP contribution in [-0.2, 0) is 62.3 Å². The lowest BCUT2D eigenvalue weighted by atomic mass is 10.0. The highest BCUT2D eigenvalue weighted by atomic mass is 35.5. The number of hydrogen-bond acceptors (Lipinski definition) is 21. The second-order valence-electron chi connectivity index (χ2n) is 21.4. The maximum absolute atomic E-state index is 14.3. The Kier molecular flexibility index (Phi) is 37.0. The second-order valence-corrected chi connectivity index (χ2v) is 21.7. The number of allylic oxidation sites excluding steroid dienone is 1. The van der Waals surface area contributed by atoms with E-state index in [0.29, 0.717) is 12.4 Å². The van der Waals surface area contributed by atoms with E-state index in [1.54, 1.807) is 12.1 Å². The average molecular weight is 1300 g/mol. The summed E-state index contributed by atoms with van der Waals surface area (Å²) in [5.41, 5.74) is 16.7. The highest BCUT2D eigenvalue weighted by molar-refractivity contribution is 6.18. The van der Waals surface area contributed by atoms with Gasteiger partial charge in [-0.3, -0.25) is 47.9 Å². The highest BCUT2D eigenvalue weighted by Gasteiger charge is 2.41. The van der Waals surface area contributed by atoms with Crippen LogP contribution in [0, 0.1) is 0 Å². The normalized spacial score (nSPS) is 23.5. The first-order chi connectivity index (χ1) is 42.8. The van der Waals surface area contributed by atoms with Crippen molar-refractivity contribution in [1.82, 2.24) is 47.9 Å². The van der Waals surface area contributed by atoms with Gasteiger partial charge in [0, 0.05) is 0 Å². The summed E-state index contributed by atoms with van der Waals surface area (Å²) in [6.07, 6.45) is -0.137. The molecule has 506 valence electrons. The standard InChI is InChI=1S/C57H91ClN12O20/c1-4-6-7-8-9-10-11-12-15-25-89-33-18-16-17-32(26-33)40(72)28-42(74)62-39-30-90-57(88)45(41(73)29-58)69-55(85)46(47(77)56(86)87)70-48(78)34(5-2)63-54(84)44(31(3)71)68-51(81)37(21-24-61)65-49(79)35(19-13-14-22-59)64-52(82)38(27-43(75)76)67-50(80)36(20-23-60)66-53(39)83/h5,16-18,26,31,35-41,44-47,71-73,77H,4,6-15,19-25,27-30,59-61H2,1-3H3,(H,62,74)(H,63,84)(H,64,82)(H,65,79)(H,66,83)(H,67,80)(H,68,81)(H,69,85)(H,70,78)(H,75,76)(H,86,87)/b34-5+/t31-,35-,36+,37-,38-,39-,40+,41+,44-,45-,46-,47?/m0/s1. The van der Waals surface area contributed by atoms with E-state index < -0.39 is 181 Å². The van der Waals surface area contributed by atoms with Crippen LogP contribution in [-0.4, -0.2) is 207 Å². The fraction of sp³-hybridized carbons (Fsp3) is 0.649. The number of cyclic esters (lactones) is 1. The Morgan fingerprint density at radius 2 is 1.21 bits per heavy atom. The SMILES string of the molecule is C/C=C1/NC(=O)[C@H]([C@H](C)O)NC(=O)[C@H](CCN)NC(=O)[C@H](CCCCN)NC(=O)[C@H](CC(=O)O)NC(=O)[C@@H](CCN)NC(=O)[C@@H](NC(=O)C[C@@H](O)c2cccc(OCCCCCCCCCCC)c2)COC(=O)[C@H]([C@H](O)CCl)NC(=O)[C@H](C(O)C(=O)O)NC1=O. The maximum atomic E-state index is 14.3. The summed E-state index contributed by atoms with van der Waals surface area (Å²) >= 11 is 5.89. The third-order valence-electron chi connectivity index (χ3n) is 14.0. The first-order valence-corrected chi connectivity index (χ1v) is 30.4. The number of aliphatic carboxylic acids is 2. The van der Waals surface area contributed by atoms with Crippen molar-refractivity contribution in [3.05, 3.63) is 41.6 Å². The molecule has 1 unspecified atom stereocenters. The third-order valence-corrected chi connectivity index (χ3v) is 14.4. The van der Waals surface area contributed by atoms with E-state index in [1.807, 2.05) is 10.6 Å². The molecule has 1 saturated heterocycles. The Balaban J connectivity index is 2.75. The summed E-state index contributed by atoms with van der Waals surface area (Å²) in [5, 5.41) is 82.9. The Morgan fingerprint density at radius 3 is 1.76 bits per heavy atom. The molecule has 1 aromatic rings. The van der Waals surface area contributed by atoms with Crippen molar-refractivity contribution in [2.75, 3.05) is 38.7 Å². The van der Waals surface area contributed by atoms with Crippen LogP contribution in [0.15, 0.2) is 36.0 Å². The number of carboxylic acid groups (broad SMARTS) is 2. The summed E-state index contributed by atoms with van der Waals surface area (Å²) in [5.74, 6) is -17.7. The van der Waals surface area contributed by atoms with Gasteiger partial charge in [0.15, 0.2) is 12.1 Å². The predicted octanol–water partition coefficient (Wildman–Crippen LogP) is -3.80. The van der Waals surface area contributed by atoms with Crippen LogP contribution < -0.4 is 69.8 Å². The van der Waals surface area contributed by atoms with Crippen LogP contribution in [0.3, 0.4) is 0 Å². The number of benzene rings is 1. The zero-order chi connectivity index (χ0) is 67.5. The molecule has 0 aliphatic carbocycles. The lowest BCUT2D eigenvalue weighted by Gasteiger charge is -2.28. The van der Waals surface area contributed by atoms with Crippen LogP contribution in [0.1, 0.15) is 135 Å². The molecule has 1 aromatic carbocycles. The van der Waals surface area contributed by atoms with E-state index in [9.17, 15) is 88.2 Å². The molecule has 32 nitrogen and oxygen atoms in total. The van der Waals surface area contributed by atoms with Crippen LogP contribution in [0.2, 0.25) is 0 Å². The summed E-state index contributed by atoms with van der Waals surface area (Å²) in [6.45, 7) is 2.92. The number of rotatable bonds is 30. The molecule has 0 bridgehead atoms. The number of ether oxygens (including phenoxy) is 2. The number of aliphatic hydroxyl groups is 4. The van der Waals surface area contributed by atoms with Crippen LogP contribution in [0.5, 0.6) is 5.75 Å². The minimum Gasteiger partial charge on any atom is -0.494 e. The number of nitrogens with one attached hydrogen (secondary N) is 9. The lowest BCUT2D eigenvalue weighted by molar-refractivity contribution is -0.155. The number of alkyl halides is 1. The van der Waals surface area contributed by atoms with Crippen LogP contribution >= 0.6 is 11.6 Å². The van der Waals surface area contributed by atoms with E-state index in [1.165, 1.54) is 37.8 Å². The van der Waals surface area contributed by atoms with Crippen LogP contribution in [0.25, 0.3) is 0 Å². The molecule has 12 atom stereocenters. The molecule has 0 aromatic heterocycles. The molecule has 33 heteroatoms. The van der Waals surface area contributed by atoms with Gasteiger partial charge in [0.2, 0.25) is 47.3 Å². The average Bonchev–Trinajstić information content (AvgIpc) is 1.57. The number of carbonyl (C=O) groups excluding carboxylic acids is 10. The molecule has 21 N–H and O–H groups in total. The van der Waals surface area contributed by atoms with Crippen molar-refractivity contribution in [2.24, 2.45) is 17.2 Å². The summed E-state index contributed by atoms with van der Waals surface area (Å²) in [7, 11) is 0. The van der Waals surface area contributed by atoms with Crippen LogP contribution in [0.4, 0.5) is 0 Å². The van der Waals surface area contributed by atoms with Gasteiger partial charge in [-0.25, -0.2) is 9.59 Å². The van der Waals surface area contributed by atoms with Crippen molar-refractivity contribution < 1.29 is 97.6 Å². The Morgan fingerprint density at radius 1 is 0.667 bits per heavy atom. The number of halogens is 1. The zero-order valence-corrected chi connectivity index (χ0v) is 51.6.